The average Bonchev–Trinajstić information content (AvgIpc) is 2.76. The Hall–Kier alpha value is -1.73. The number of nitrogens with zero attached hydrogens (tertiary/aromatic N) is 1. The summed E-state index contributed by atoms with van der Waals surface area (Å²) in [4.78, 5) is 15.6. The van der Waals surface area contributed by atoms with Crippen LogP contribution in [0.5, 0.6) is 5.75 Å². The van der Waals surface area contributed by atoms with Gasteiger partial charge in [0.1, 0.15) is 11.9 Å². The van der Waals surface area contributed by atoms with E-state index in [1.54, 1.807) is 12.0 Å². The SMILES string of the molecule is CNCCN1C(=O)[C@H](O)[C@H](c2ccc(OC)cc2)Sc2ccccc21.Cl. The molecule has 0 aromatic heterocycles. The molecule has 1 heterocycles. The number of hydrogen-bond donors (Lipinski definition) is 2. The Bertz CT molecular complexity index is 742. The number of amides is 1. The topological polar surface area (TPSA) is 61.8 Å². The van der Waals surface area contributed by atoms with Gasteiger partial charge in [0.25, 0.3) is 5.91 Å². The van der Waals surface area contributed by atoms with E-state index >= 15 is 0 Å². The van der Waals surface area contributed by atoms with Gasteiger partial charge < -0.3 is 20.1 Å². The van der Waals surface area contributed by atoms with Crippen LogP contribution in [0.4, 0.5) is 5.69 Å². The molecule has 5 nitrogen and oxygen atoms in total. The maximum absolute atomic E-state index is 12.9. The average molecular weight is 395 g/mol. The van der Waals surface area contributed by atoms with Gasteiger partial charge in [-0.05, 0) is 36.9 Å². The Morgan fingerprint density at radius 2 is 1.88 bits per heavy atom. The molecule has 140 valence electrons. The summed E-state index contributed by atoms with van der Waals surface area (Å²) in [6, 6.07) is 15.3. The highest BCUT2D eigenvalue weighted by Crippen LogP contribution is 2.45. The van der Waals surface area contributed by atoms with E-state index < -0.39 is 6.10 Å². The number of rotatable bonds is 5. The number of likely N-dealkylation sites (N-methyl/N-ethyl adjacent to an activating group) is 1. The molecule has 1 amide bonds. The Kier molecular flexibility index (Phi) is 7.34. The fourth-order valence-corrected chi connectivity index (χ4v) is 4.16. The van der Waals surface area contributed by atoms with Crippen LogP contribution in [0.25, 0.3) is 0 Å². The quantitative estimate of drug-likeness (QED) is 0.816. The normalized spacial score (nSPS) is 19.3. The standard InChI is InChI=1S/C19H22N2O3S.ClH/c1-20-11-12-21-15-5-3-4-6-16(15)25-18(17(22)19(21)23)13-7-9-14(24-2)10-8-13;/h3-10,17-18,20,22H,11-12H2,1-2H3;1H/t17-,18+;/m1./s1. The molecule has 0 unspecified atom stereocenters. The molecule has 3 rings (SSSR count). The van der Waals surface area contributed by atoms with E-state index in [4.69, 9.17) is 4.74 Å². The predicted octanol–water partition coefficient (Wildman–Crippen LogP) is 2.88. The summed E-state index contributed by atoms with van der Waals surface area (Å²) < 4.78 is 5.20. The summed E-state index contributed by atoms with van der Waals surface area (Å²) >= 11 is 1.52. The van der Waals surface area contributed by atoms with Crippen LogP contribution in [0.3, 0.4) is 0 Å². The number of hydrogen-bond acceptors (Lipinski definition) is 5. The zero-order valence-electron chi connectivity index (χ0n) is 14.7. The molecule has 2 atom stereocenters. The number of ether oxygens (including phenoxy) is 1. The molecule has 0 saturated carbocycles. The number of carbonyl (C=O) groups is 1. The van der Waals surface area contributed by atoms with Crippen LogP contribution in [0.1, 0.15) is 10.8 Å². The number of benzene rings is 2. The number of fused-ring (bicyclic) bond motifs is 1. The number of nitrogens with one attached hydrogen (secondary N) is 1. The third kappa shape index (κ3) is 4.15. The second-order valence-corrected chi connectivity index (χ2v) is 7.00. The number of carbonyl (C=O) groups excluding carboxylic acids is 1. The van der Waals surface area contributed by atoms with Crippen molar-refractivity contribution in [2.45, 2.75) is 16.2 Å². The highest BCUT2D eigenvalue weighted by Gasteiger charge is 2.36. The molecule has 0 fully saturated rings. The van der Waals surface area contributed by atoms with Gasteiger partial charge in [-0.15, -0.1) is 24.2 Å². The van der Waals surface area contributed by atoms with E-state index in [2.05, 4.69) is 5.32 Å². The number of thioether (sulfide) groups is 1. The van der Waals surface area contributed by atoms with Crippen LogP contribution in [0.2, 0.25) is 0 Å². The maximum Gasteiger partial charge on any atom is 0.257 e. The van der Waals surface area contributed by atoms with Crippen LogP contribution in [-0.2, 0) is 4.79 Å². The van der Waals surface area contributed by atoms with Gasteiger partial charge >= 0.3 is 0 Å². The summed E-state index contributed by atoms with van der Waals surface area (Å²) in [6.45, 7) is 1.17. The van der Waals surface area contributed by atoms with Crippen LogP contribution in [0, 0.1) is 0 Å². The summed E-state index contributed by atoms with van der Waals surface area (Å²) in [5, 5.41) is 13.5. The summed E-state index contributed by atoms with van der Waals surface area (Å²) in [7, 11) is 3.46. The van der Waals surface area contributed by atoms with Crippen LogP contribution in [-0.4, -0.2) is 44.4 Å². The van der Waals surface area contributed by atoms with E-state index in [9.17, 15) is 9.90 Å². The van der Waals surface area contributed by atoms with E-state index in [1.165, 1.54) is 11.8 Å². The third-order valence-electron chi connectivity index (χ3n) is 4.25. The minimum Gasteiger partial charge on any atom is -0.497 e. The number of aliphatic hydroxyl groups excluding tert-OH is 1. The van der Waals surface area contributed by atoms with Gasteiger partial charge in [0.2, 0.25) is 0 Å². The molecule has 2 N–H and O–H groups in total. The molecule has 7 heteroatoms. The number of aliphatic hydroxyl groups is 1. The second-order valence-electron chi connectivity index (χ2n) is 5.82. The van der Waals surface area contributed by atoms with Crippen molar-refractivity contribution in [1.29, 1.82) is 0 Å². The van der Waals surface area contributed by atoms with Crippen LogP contribution >= 0.6 is 24.2 Å². The number of para-hydroxylation sites is 1. The van der Waals surface area contributed by atoms with Crippen molar-refractivity contribution in [2.75, 3.05) is 32.1 Å². The van der Waals surface area contributed by atoms with Gasteiger partial charge in [-0.2, -0.15) is 0 Å². The number of halogens is 1. The maximum atomic E-state index is 12.9. The van der Waals surface area contributed by atoms with Crippen molar-refractivity contribution in [3.05, 3.63) is 54.1 Å². The zero-order chi connectivity index (χ0) is 17.8. The molecular formula is C19H23ClN2O3S. The molecule has 26 heavy (non-hydrogen) atoms. The van der Waals surface area contributed by atoms with Gasteiger partial charge in [-0.1, -0.05) is 24.3 Å². The smallest absolute Gasteiger partial charge is 0.257 e. The number of anilines is 1. The molecule has 0 radical (unpaired) electrons. The van der Waals surface area contributed by atoms with Crippen molar-refractivity contribution < 1.29 is 14.6 Å². The van der Waals surface area contributed by atoms with Gasteiger partial charge in [-0.3, -0.25) is 4.79 Å². The van der Waals surface area contributed by atoms with Gasteiger partial charge in [0, 0.05) is 18.0 Å². The lowest BCUT2D eigenvalue weighted by Crippen LogP contribution is -2.43. The minimum atomic E-state index is -1.11. The van der Waals surface area contributed by atoms with Crippen molar-refractivity contribution in [2.24, 2.45) is 0 Å². The largest absolute Gasteiger partial charge is 0.497 e. The van der Waals surface area contributed by atoms with Crippen LogP contribution < -0.4 is 15.0 Å². The van der Waals surface area contributed by atoms with Crippen molar-refractivity contribution in [3.63, 3.8) is 0 Å². The lowest BCUT2D eigenvalue weighted by atomic mass is 10.1. The third-order valence-corrected chi connectivity index (χ3v) is 5.63. The second kappa shape index (κ2) is 9.28. The molecule has 2 aromatic carbocycles. The van der Waals surface area contributed by atoms with Gasteiger partial charge in [0.15, 0.2) is 0 Å². The molecule has 0 aliphatic carbocycles. The molecule has 1 aliphatic heterocycles. The summed E-state index contributed by atoms with van der Waals surface area (Å²) in [5.74, 6) is 0.479. The fraction of sp³-hybridized carbons (Fsp3) is 0.316. The summed E-state index contributed by atoms with van der Waals surface area (Å²) in [6.07, 6.45) is -1.11. The highest BCUT2D eigenvalue weighted by molar-refractivity contribution is 7.99. The first-order valence-electron chi connectivity index (χ1n) is 8.19. The van der Waals surface area contributed by atoms with Gasteiger partial charge in [0.05, 0.1) is 18.0 Å². The van der Waals surface area contributed by atoms with E-state index in [1.807, 2.05) is 55.6 Å². The molecule has 0 saturated heterocycles. The molecule has 1 aliphatic rings. The van der Waals surface area contributed by atoms with Crippen LogP contribution in [0.15, 0.2) is 53.4 Å². The number of methoxy groups -OCH3 is 1. The van der Waals surface area contributed by atoms with Gasteiger partial charge in [-0.25, -0.2) is 0 Å². The van der Waals surface area contributed by atoms with Crippen molar-refractivity contribution in [3.8, 4) is 5.75 Å². The lowest BCUT2D eigenvalue weighted by molar-refractivity contribution is -0.126. The Balaban J connectivity index is 0.00000243. The lowest BCUT2D eigenvalue weighted by Gasteiger charge is -2.25. The Labute approximate surface area is 164 Å². The van der Waals surface area contributed by atoms with E-state index in [-0.39, 0.29) is 23.6 Å². The first kappa shape index (κ1) is 20.6. The molecule has 0 bridgehead atoms. The first-order valence-corrected chi connectivity index (χ1v) is 9.07. The molecule has 0 spiro atoms. The van der Waals surface area contributed by atoms with Crippen molar-refractivity contribution in [1.82, 2.24) is 5.32 Å². The van der Waals surface area contributed by atoms with E-state index in [0.29, 0.717) is 13.1 Å². The summed E-state index contributed by atoms with van der Waals surface area (Å²) in [5.41, 5.74) is 1.75. The molecular weight excluding hydrogens is 372 g/mol. The van der Waals surface area contributed by atoms with Crippen molar-refractivity contribution >= 4 is 35.8 Å². The Morgan fingerprint density at radius 1 is 1.19 bits per heavy atom. The first-order chi connectivity index (χ1) is 12.2. The minimum absolute atomic E-state index is 0. The predicted molar refractivity (Wildman–Crippen MR) is 108 cm³/mol. The molecule has 2 aromatic rings. The fourth-order valence-electron chi connectivity index (χ4n) is 2.89. The van der Waals surface area contributed by atoms with E-state index in [0.717, 1.165) is 21.9 Å². The monoisotopic (exact) mass is 394 g/mol. The highest BCUT2D eigenvalue weighted by atomic mass is 35.5. The zero-order valence-corrected chi connectivity index (χ0v) is 16.3. The Morgan fingerprint density at radius 3 is 2.54 bits per heavy atom.